The molecule has 3 nitrogen and oxygen atoms in total. The molecule has 16 heavy (non-hydrogen) atoms. The number of hydrogen-bond acceptors (Lipinski definition) is 3. The number of hydrogen-bond donors (Lipinski definition) is 1. The molecule has 1 aromatic carbocycles. The third-order valence-corrected chi connectivity index (χ3v) is 2.92. The molecule has 0 unspecified atom stereocenters. The molecule has 0 aliphatic carbocycles. The topological polar surface area (TPSA) is 50.4 Å². The first-order valence-electron chi connectivity index (χ1n) is 5.07. The number of halogens is 1. The maximum atomic E-state index is 11.6. The normalized spacial score (nSPS) is 10.9. The predicted molar refractivity (Wildman–Crippen MR) is 65.8 cm³/mol. The van der Waals surface area contributed by atoms with Crippen LogP contribution in [0.15, 0.2) is 31.9 Å². The second kappa shape index (κ2) is 4.29. The number of benzene rings is 1. The second-order valence-corrected chi connectivity index (χ2v) is 4.52. The molecule has 0 radical (unpaired) electrons. The van der Waals surface area contributed by atoms with Gasteiger partial charge in [0, 0.05) is 4.47 Å². The molecule has 1 N–H and O–H groups in total. The lowest BCUT2D eigenvalue weighted by molar-refractivity contribution is 0.456. The third kappa shape index (κ3) is 1.85. The Labute approximate surface area is 101 Å². The number of fused-ring (bicyclic) bond motifs is 1. The van der Waals surface area contributed by atoms with E-state index in [1.807, 2.05) is 6.92 Å². The Morgan fingerprint density at radius 2 is 2.19 bits per heavy atom. The average Bonchev–Trinajstić information content (AvgIpc) is 2.26. The summed E-state index contributed by atoms with van der Waals surface area (Å²) in [5.74, 6) is 0.0365. The smallest absolute Gasteiger partial charge is 0.343 e. The van der Waals surface area contributed by atoms with Gasteiger partial charge in [0.15, 0.2) is 0 Å². The van der Waals surface area contributed by atoms with Crippen molar-refractivity contribution in [3.8, 4) is 5.75 Å². The maximum Gasteiger partial charge on any atom is 0.343 e. The van der Waals surface area contributed by atoms with Crippen LogP contribution in [0, 0.1) is 0 Å². The Morgan fingerprint density at radius 1 is 1.44 bits per heavy atom. The standard InChI is InChI=1S/C12H11BrO3/c1-2-3-8-11(14)9-6-7(13)4-5-10(9)16-12(8)15/h4-6,14H,2-3H2,1H3. The zero-order chi connectivity index (χ0) is 11.7. The van der Waals surface area contributed by atoms with Gasteiger partial charge in [-0.25, -0.2) is 4.79 Å². The van der Waals surface area contributed by atoms with Crippen molar-refractivity contribution in [2.75, 3.05) is 0 Å². The number of aromatic hydroxyl groups is 1. The van der Waals surface area contributed by atoms with E-state index < -0.39 is 5.63 Å². The minimum Gasteiger partial charge on any atom is -0.507 e. The zero-order valence-electron chi connectivity index (χ0n) is 8.79. The third-order valence-electron chi connectivity index (χ3n) is 2.43. The summed E-state index contributed by atoms with van der Waals surface area (Å²) in [6, 6.07) is 5.17. The lowest BCUT2D eigenvalue weighted by atomic mass is 10.1. The Bertz CT molecular complexity index is 587. The van der Waals surface area contributed by atoms with E-state index in [9.17, 15) is 9.90 Å². The Hall–Kier alpha value is -1.29. The molecule has 0 aliphatic heterocycles. The molecule has 4 heteroatoms. The van der Waals surface area contributed by atoms with Gasteiger partial charge in [-0.3, -0.25) is 0 Å². The monoisotopic (exact) mass is 282 g/mol. The first-order chi connectivity index (χ1) is 7.63. The van der Waals surface area contributed by atoms with Gasteiger partial charge in [0.1, 0.15) is 11.3 Å². The molecule has 2 aromatic rings. The summed E-state index contributed by atoms with van der Waals surface area (Å²) in [6.07, 6.45) is 1.31. The molecule has 0 amide bonds. The van der Waals surface area contributed by atoms with E-state index in [4.69, 9.17) is 4.42 Å². The summed E-state index contributed by atoms with van der Waals surface area (Å²) in [6.45, 7) is 1.95. The maximum absolute atomic E-state index is 11.6. The molecule has 1 heterocycles. The van der Waals surface area contributed by atoms with Crippen molar-refractivity contribution in [2.45, 2.75) is 19.8 Å². The predicted octanol–water partition coefficient (Wildman–Crippen LogP) is 3.21. The molecular weight excluding hydrogens is 272 g/mol. The van der Waals surface area contributed by atoms with Crippen molar-refractivity contribution >= 4 is 26.9 Å². The van der Waals surface area contributed by atoms with Gasteiger partial charge in [-0.05, 0) is 24.6 Å². The number of rotatable bonds is 2. The van der Waals surface area contributed by atoms with Gasteiger partial charge in [0.25, 0.3) is 0 Å². The van der Waals surface area contributed by atoms with Crippen LogP contribution >= 0.6 is 15.9 Å². The van der Waals surface area contributed by atoms with E-state index in [1.165, 1.54) is 0 Å². The highest BCUT2D eigenvalue weighted by atomic mass is 79.9. The lowest BCUT2D eigenvalue weighted by Gasteiger charge is -2.05. The van der Waals surface area contributed by atoms with Crippen molar-refractivity contribution in [3.63, 3.8) is 0 Å². The Balaban J connectivity index is 2.79. The molecule has 0 aliphatic rings. The van der Waals surface area contributed by atoms with Gasteiger partial charge < -0.3 is 9.52 Å². The van der Waals surface area contributed by atoms with Crippen LogP contribution in [0.25, 0.3) is 11.0 Å². The molecule has 0 saturated carbocycles. The van der Waals surface area contributed by atoms with Crippen molar-refractivity contribution in [1.29, 1.82) is 0 Å². The van der Waals surface area contributed by atoms with Crippen molar-refractivity contribution < 1.29 is 9.52 Å². The molecule has 0 fully saturated rings. The van der Waals surface area contributed by atoms with E-state index in [2.05, 4.69) is 15.9 Å². The summed E-state index contributed by atoms with van der Waals surface area (Å²) in [5.41, 5.74) is 0.313. The van der Waals surface area contributed by atoms with Crippen LogP contribution in [0.5, 0.6) is 5.75 Å². The fourth-order valence-corrected chi connectivity index (χ4v) is 2.03. The van der Waals surface area contributed by atoms with Gasteiger partial charge in [0.05, 0.1) is 10.9 Å². The van der Waals surface area contributed by atoms with Gasteiger partial charge in [-0.2, -0.15) is 0 Å². The van der Waals surface area contributed by atoms with E-state index in [0.29, 0.717) is 23.0 Å². The summed E-state index contributed by atoms with van der Waals surface area (Å²) in [5, 5.41) is 10.6. The van der Waals surface area contributed by atoms with Gasteiger partial charge in [0.2, 0.25) is 0 Å². The minimum absolute atomic E-state index is 0.0365. The second-order valence-electron chi connectivity index (χ2n) is 3.61. The molecule has 0 saturated heterocycles. The van der Waals surface area contributed by atoms with E-state index >= 15 is 0 Å². The summed E-state index contributed by atoms with van der Waals surface area (Å²) >= 11 is 3.32. The highest BCUT2D eigenvalue weighted by molar-refractivity contribution is 9.10. The van der Waals surface area contributed by atoms with E-state index in [-0.39, 0.29) is 5.75 Å². The highest BCUT2D eigenvalue weighted by Gasteiger charge is 2.12. The molecule has 0 bridgehead atoms. The minimum atomic E-state index is -0.450. The molecule has 1 aromatic heterocycles. The summed E-state index contributed by atoms with van der Waals surface area (Å²) < 4.78 is 5.98. The van der Waals surface area contributed by atoms with Crippen molar-refractivity contribution in [2.24, 2.45) is 0 Å². The van der Waals surface area contributed by atoms with Gasteiger partial charge >= 0.3 is 5.63 Å². The first kappa shape index (κ1) is 11.2. The van der Waals surface area contributed by atoms with E-state index in [0.717, 1.165) is 10.9 Å². The van der Waals surface area contributed by atoms with E-state index in [1.54, 1.807) is 18.2 Å². The molecular formula is C12H11BrO3. The highest BCUT2D eigenvalue weighted by Crippen LogP contribution is 2.29. The first-order valence-corrected chi connectivity index (χ1v) is 5.87. The lowest BCUT2D eigenvalue weighted by Crippen LogP contribution is -2.07. The molecule has 2 rings (SSSR count). The van der Waals surface area contributed by atoms with Crippen LogP contribution in [0.4, 0.5) is 0 Å². The molecule has 0 spiro atoms. The van der Waals surface area contributed by atoms with Gasteiger partial charge in [-0.1, -0.05) is 29.3 Å². The fourth-order valence-electron chi connectivity index (χ4n) is 1.67. The largest absolute Gasteiger partial charge is 0.507 e. The van der Waals surface area contributed by atoms with Crippen LogP contribution in [-0.4, -0.2) is 5.11 Å². The summed E-state index contributed by atoms with van der Waals surface area (Å²) in [7, 11) is 0. The fraction of sp³-hybridized carbons (Fsp3) is 0.250. The van der Waals surface area contributed by atoms with Crippen LogP contribution in [0.3, 0.4) is 0 Å². The molecule has 0 atom stereocenters. The van der Waals surface area contributed by atoms with Crippen LogP contribution in [0.2, 0.25) is 0 Å². The van der Waals surface area contributed by atoms with Crippen LogP contribution in [-0.2, 0) is 6.42 Å². The van der Waals surface area contributed by atoms with Crippen molar-refractivity contribution in [3.05, 3.63) is 38.7 Å². The molecule has 84 valence electrons. The Kier molecular flexibility index (Phi) is 3.01. The van der Waals surface area contributed by atoms with Crippen molar-refractivity contribution in [1.82, 2.24) is 0 Å². The Morgan fingerprint density at radius 3 is 2.88 bits per heavy atom. The van der Waals surface area contributed by atoms with Gasteiger partial charge in [-0.15, -0.1) is 0 Å². The van der Waals surface area contributed by atoms with Crippen LogP contribution < -0.4 is 5.63 Å². The summed E-state index contributed by atoms with van der Waals surface area (Å²) in [4.78, 5) is 11.6. The quantitative estimate of drug-likeness (QED) is 0.861. The average molecular weight is 283 g/mol. The zero-order valence-corrected chi connectivity index (χ0v) is 10.4. The van der Waals surface area contributed by atoms with Crippen LogP contribution in [0.1, 0.15) is 18.9 Å². The SMILES string of the molecule is CCCc1c(O)c2cc(Br)ccc2oc1=O.